The SMILES string of the molecule is Cc1nc(C)c(C(=O)N2CCCN(c3nccs3)CC2)s1. The summed E-state index contributed by atoms with van der Waals surface area (Å²) >= 11 is 3.15. The topological polar surface area (TPSA) is 49.3 Å². The number of aromatic nitrogens is 2. The summed E-state index contributed by atoms with van der Waals surface area (Å²) in [4.78, 5) is 26.4. The summed E-state index contributed by atoms with van der Waals surface area (Å²) in [6, 6.07) is 0. The summed E-state index contributed by atoms with van der Waals surface area (Å²) in [5.74, 6) is 0.124. The Balaban J connectivity index is 1.70. The second-order valence-corrected chi connectivity index (χ2v) is 7.17. The monoisotopic (exact) mass is 322 g/mol. The molecule has 7 heteroatoms. The summed E-state index contributed by atoms with van der Waals surface area (Å²) in [6.07, 6.45) is 2.80. The van der Waals surface area contributed by atoms with E-state index in [1.54, 1.807) is 11.3 Å². The minimum atomic E-state index is 0.124. The van der Waals surface area contributed by atoms with Crippen LogP contribution in [0.4, 0.5) is 5.13 Å². The molecule has 1 amide bonds. The van der Waals surface area contributed by atoms with Crippen molar-refractivity contribution < 1.29 is 4.79 Å². The number of rotatable bonds is 2. The van der Waals surface area contributed by atoms with Gasteiger partial charge in [0.2, 0.25) is 0 Å². The fourth-order valence-electron chi connectivity index (χ4n) is 2.56. The zero-order valence-electron chi connectivity index (χ0n) is 12.2. The number of anilines is 1. The number of hydrogen-bond acceptors (Lipinski definition) is 6. The Hall–Kier alpha value is -1.47. The fourth-order valence-corrected chi connectivity index (χ4v) is 4.14. The van der Waals surface area contributed by atoms with Crippen molar-refractivity contribution in [1.82, 2.24) is 14.9 Å². The van der Waals surface area contributed by atoms with Crippen molar-refractivity contribution >= 4 is 33.7 Å². The molecule has 5 nitrogen and oxygen atoms in total. The van der Waals surface area contributed by atoms with Crippen molar-refractivity contribution in [2.45, 2.75) is 20.3 Å². The third-order valence-corrected chi connectivity index (χ3v) is 5.46. The zero-order valence-corrected chi connectivity index (χ0v) is 13.8. The molecule has 21 heavy (non-hydrogen) atoms. The van der Waals surface area contributed by atoms with E-state index in [-0.39, 0.29) is 5.91 Å². The summed E-state index contributed by atoms with van der Waals surface area (Å²) in [5.41, 5.74) is 0.850. The quantitative estimate of drug-likeness (QED) is 0.853. The smallest absolute Gasteiger partial charge is 0.265 e. The standard InChI is InChI=1S/C14H18N4OS2/c1-10-12(21-11(2)16-10)13(19)17-5-3-6-18(8-7-17)14-15-4-9-20-14/h4,9H,3,5-8H2,1-2H3. The third-order valence-electron chi connectivity index (χ3n) is 3.57. The zero-order chi connectivity index (χ0) is 14.8. The van der Waals surface area contributed by atoms with E-state index in [4.69, 9.17) is 0 Å². The van der Waals surface area contributed by atoms with Gasteiger partial charge in [0.15, 0.2) is 5.13 Å². The highest BCUT2D eigenvalue weighted by Crippen LogP contribution is 2.22. The summed E-state index contributed by atoms with van der Waals surface area (Å²) < 4.78 is 0. The van der Waals surface area contributed by atoms with Crippen LogP contribution in [0.2, 0.25) is 0 Å². The molecule has 2 aromatic heterocycles. The lowest BCUT2D eigenvalue weighted by Gasteiger charge is -2.21. The number of carbonyl (C=O) groups excluding carboxylic acids is 1. The maximum absolute atomic E-state index is 12.6. The minimum Gasteiger partial charge on any atom is -0.346 e. The molecule has 3 rings (SSSR count). The van der Waals surface area contributed by atoms with Gasteiger partial charge in [-0.15, -0.1) is 22.7 Å². The van der Waals surface area contributed by atoms with E-state index in [0.717, 1.165) is 53.3 Å². The van der Waals surface area contributed by atoms with Crippen LogP contribution in [0, 0.1) is 13.8 Å². The molecule has 0 N–H and O–H groups in total. The molecule has 0 aromatic carbocycles. The molecule has 1 saturated heterocycles. The van der Waals surface area contributed by atoms with E-state index < -0.39 is 0 Å². The molecule has 1 aliphatic heterocycles. The maximum Gasteiger partial charge on any atom is 0.265 e. The predicted octanol–water partition coefficient (Wildman–Crippen LogP) is 2.57. The molecule has 0 unspecified atom stereocenters. The van der Waals surface area contributed by atoms with E-state index in [0.29, 0.717) is 0 Å². The van der Waals surface area contributed by atoms with Crippen molar-refractivity contribution in [2.24, 2.45) is 0 Å². The van der Waals surface area contributed by atoms with Gasteiger partial charge in [0, 0.05) is 37.8 Å². The van der Waals surface area contributed by atoms with Crippen molar-refractivity contribution in [3.63, 3.8) is 0 Å². The first-order chi connectivity index (χ1) is 10.1. The van der Waals surface area contributed by atoms with Crippen LogP contribution in [0.1, 0.15) is 26.8 Å². The van der Waals surface area contributed by atoms with Crippen molar-refractivity contribution in [3.8, 4) is 0 Å². The number of carbonyl (C=O) groups is 1. The molecule has 0 atom stereocenters. The largest absolute Gasteiger partial charge is 0.346 e. The molecule has 1 fully saturated rings. The van der Waals surface area contributed by atoms with Gasteiger partial charge in [-0.1, -0.05) is 0 Å². The fraction of sp³-hybridized carbons (Fsp3) is 0.500. The number of amides is 1. The van der Waals surface area contributed by atoms with E-state index >= 15 is 0 Å². The Morgan fingerprint density at radius 1 is 1.24 bits per heavy atom. The van der Waals surface area contributed by atoms with Crippen molar-refractivity contribution in [3.05, 3.63) is 27.2 Å². The second kappa shape index (κ2) is 6.11. The van der Waals surface area contributed by atoms with Crippen LogP contribution >= 0.6 is 22.7 Å². The average Bonchev–Trinajstić information content (AvgIpc) is 3.02. The van der Waals surface area contributed by atoms with Gasteiger partial charge in [0.05, 0.1) is 10.7 Å². The first-order valence-corrected chi connectivity index (χ1v) is 8.72. The lowest BCUT2D eigenvalue weighted by atomic mass is 10.3. The minimum absolute atomic E-state index is 0.124. The number of nitrogens with zero attached hydrogens (tertiary/aromatic N) is 4. The molecular formula is C14H18N4OS2. The van der Waals surface area contributed by atoms with Gasteiger partial charge in [0.1, 0.15) is 4.88 Å². The van der Waals surface area contributed by atoms with Gasteiger partial charge in [-0.25, -0.2) is 9.97 Å². The molecule has 0 radical (unpaired) electrons. The van der Waals surface area contributed by atoms with Crippen molar-refractivity contribution in [1.29, 1.82) is 0 Å². The summed E-state index contributed by atoms with van der Waals surface area (Å²) in [6.45, 7) is 7.21. The van der Waals surface area contributed by atoms with E-state index in [2.05, 4.69) is 14.9 Å². The van der Waals surface area contributed by atoms with E-state index in [1.165, 1.54) is 11.3 Å². The molecule has 0 bridgehead atoms. The van der Waals surface area contributed by atoms with Crippen LogP contribution in [0.15, 0.2) is 11.6 Å². The predicted molar refractivity (Wildman–Crippen MR) is 86.4 cm³/mol. The van der Waals surface area contributed by atoms with Crippen LogP contribution in [0.25, 0.3) is 0 Å². The van der Waals surface area contributed by atoms with Gasteiger partial charge >= 0.3 is 0 Å². The number of hydrogen-bond donors (Lipinski definition) is 0. The molecule has 112 valence electrons. The first kappa shape index (κ1) is 14.5. The highest BCUT2D eigenvalue weighted by molar-refractivity contribution is 7.14. The molecule has 1 aliphatic rings. The lowest BCUT2D eigenvalue weighted by molar-refractivity contribution is 0.0771. The Kier molecular flexibility index (Phi) is 4.21. The Bertz CT molecular complexity index is 623. The van der Waals surface area contributed by atoms with Gasteiger partial charge < -0.3 is 9.80 Å². The van der Waals surface area contributed by atoms with Crippen LogP contribution in [-0.2, 0) is 0 Å². The second-order valence-electron chi connectivity index (χ2n) is 5.09. The van der Waals surface area contributed by atoms with E-state index in [1.807, 2.05) is 30.3 Å². The molecule has 0 aliphatic carbocycles. The Morgan fingerprint density at radius 3 is 2.76 bits per heavy atom. The van der Waals surface area contributed by atoms with Gasteiger partial charge in [-0.2, -0.15) is 0 Å². The van der Waals surface area contributed by atoms with Crippen LogP contribution < -0.4 is 4.90 Å². The maximum atomic E-state index is 12.6. The average molecular weight is 322 g/mol. The first-order valence-electron chi connectivity index (χ1n) is 7.03. The molecule has 3 heterocycles. The Morgan fingerprint density at radius 2 is 2.10 bits per heavy atom. The summed E-state index contributed by atoms with van der Waals surface area (Å²) in [5, 5.41) is 4.00. The molecule has 0 spiro atoms. The van der Waals surface area contributed by atoms with Gasteiger partial charge in [0.25, 0.3) is 5.91 Å². The van der Waals surface area contributed by atoms with Crippen LogP contribution in [0.3, 0.4) is 0 Å². The molecule has 2 aromatic rings. The van der Waals surface area contributed by atoms with Gasteiger partial charge in [-0.3, -0.25) is 4.79 Å². The number of thiazole rings is 2. The summed E-state index contributed by atoms with van der Waals surface area (Å²) in [7, 11) is 0. The van der Waals surface area contributed by atoms with Crippen LogP contribution in [-0.4, -0.2) is 47.0 Å². The lowest BCUT2D eigenvalue weighted by Crippen LogP contribution is -2.35. The highest BCUT2D eigenvalue weighted by atomic mass is 32.1. The van der Waals surface area contributed by atoms with E-state index in [9.17, 15) is 4.79 Å². The van der Waals surface area contributed by atoms with Gasteiger partial charge in [-0.05, 0) is 20.3 Å². The van der Waals surface area contributed by atoms with Crippen molar-refractivity contribution in [2.75, 3.05) is 31.1 Å². The normalized spacial score (nSPS) is 16.1. The third kappa shape index (κ3) is 3.08. The van der Waals surface area contributed by atoms with Crippen LogP contribution in [0.5, 0.6) is 0 Å². The molecule has 0 saturated carbocycles. The number of aryl methyl sites for hydroxylation is 2. The highest BCUT2D eigenvalue weighted by Gasteiger charge is 2.24. The molecular weight excluding hydrogens is 304 g/mol. The Labute approximate surface area is 132 Å².